The zero-order valence-corrected chi connectivity index (χ0v) is 10.7. The molecule has 1 aromatic carbocycles. The van der Waals surface area contributed by atoms with Gasteiger partial charge in [0.25, 0.3) is 0 Å². The van der Waals surface area contributed by atoms with E-state index in [1.807, 2.05) is 43.5 Å². The molecule has 0 saturated heterocycles. The minimum atomic E-state index is 0.477. The minimum Gasteiger partial charge on any atom is -0.382 e. The molecule has 0 spiro atoms. The Balaban J connectivity index is 2.09. The third-order valence-electron chi connectivity index (χ3n) is 3.13. The first-order chi connectivity index (χ1) is 9.24. The fourth-order valence-electron chi connectivity index (χ4n) is 2.22. The molecule has 94 valence electrons. The standard InChI is InChI=1S/C15H14N4/c1-10-8-11(6-7-17-10)9-14-12-4-2-3-5-13(12)15(16)19-18-14/h2-8H,9H2,1H3,(H2,16,19). The highest BCUT2D eigenvalue weighted by Crippen LogP contribution is 2.22. The summed E-state index contributed by atoms with van der Waals surface area (Å²) >= 11 is 0. The van der Waals surface area contributed by atoms with Crippen LogP contribution in [0.25, 0.3) is 10.8 Å². The Morgan fingerprint density at radius 2 is 1.84 bits per heavy atom. The van der Waals surface area contributed by atoms with Gasteiger partial charge in [0.05, 0.1) is 5.69 Å². The molecule has 0 unspecified atom stereocenters. The third-order valence-corrected chi connectivity index (χ3v) is 3.13. The highest BCUT2D eigenvalue weighted by molar-refractivity contribution is 5.92. The van der Waals surface area contributed by atoms with Gasteiger partial charge in [-0.1, -0.05) is 24.3 Å². The molecule has 2 aromatic heterocycles. The summed E-state index contributed by atoms with van der Waals surface area (Å²) in [5.74, 6) is 0.477. The van der Waals surface area contributed by atoms with Crippen LogP contribution in [-0.4, -0.2) is 15.2 Å². The van der Waals surface area contributed by atoms with Crippen LogP contribution in [0, 0.1) is 6.92 Å². The quantitative estimate of drug-likeness (QED) is 0.759. The summed E-state index contributed by atoms with van der Waals surface area (Å²) in [6.45, 7) is 1.98. The van der Waals surface area contributed by atoms with Gasteiger partial charge in [-0.3, -0.25) is 4.98 Å². The van der Waals surface area contributed by atoms with Crippen LogP contribution in [0.1, 0.15) is 17.0 Å². The largest absolute Gasteiger partial charge is 0.382 e. The summed E-state index contributed by atoms with van der Waals surface area (Å²) < 4.78 is 0. The summed E-state index contributed by atoms with van der Waals surface area (Å²) in [6, 6.07) is 12.0. The van der Waals surface area contributed by atoms with Gasteiger partial charge >= 0.3 is 0 Å². The number of rotatable bonds is 2. The van der Waals surface area contributed by atoms with Gasteiger partial charge in [-0.05, 0) is 24.6 Å². The maximum Gasteiger partial charge on any atom is 0.153 e. The normalized spacial score (nSPS) is 10.8. The molecule has 3 rings (SSSR count). The number of nitrogens with zero attached hydrogens (tertiary/aromatic N) is 3. The molecule has 19 heavy (non-hydrogen) atoms. The Morgan fingerprint density at radius 3 is 2.63 bits per heavy atom. The predicted molar refractivity (Wildman–Crippen MR) is 75.7 cm³/mol. The predicted octanol–water partition coefficient (Wildman–Crippen LogP) is 2.51. The van der Waals surface area contributed by atoms with Gasteiger partial charge < -0.3 is 5.73 Å². The summed E-state index contributed by atoms with van der Waals surface area (Å²) in [7, 11) is 0. The number of hydrogen-bond donors (Lipinski definition) is 1. The summed E-state index contributed by atoms with van der Waals surface area (Å²) in [5.41, 5.74) is 8.98. The zero-order chi connectivity index (χ0) is 13.2. The molecule has 0 aliphatic heterocycles. The van der Waals surface area contributed by atoms with E-state index in [-0.39, 0.29) is 0 Å². The maximum atomic E-state index is 5.86. The first kappa shape index (κ1) is 11.6. The number of anilines is 1. The Kier molecular flexibility index (Phi) is 2.83. The molecule has 2 heterocycles. The molecule has 0 aliphatic rings. The SMILES string of the molecule is Cc1cc(Cc2nnc(N)c3ccccc23)ccn1. The summed E-state index contributed by atoms with van der Waals surface area (Å²) in [4.78, 5) is 4.20. The highest BCUT2D eigenvalue weighted by atomic mass is 15.1. The minimum absolute atomic E-state index is 0.477. The van der Waals surface area contributed by atoms with E-state index in [1.54, 1.807) is 0 Å². The van der Waals surface area contributed by atoms with Crippen LogP contribution in [0.5, 0.6) is 0 Å². The van der Waals surface area contributed by atoms with E-state index in [4.69, 9.17) is 5.73 Å². The first-order valence-corrected chi connectivity index (χ1v) is 6.15. The lowest BCUT2D eigenvalue weighted by atomic mass is 10.0. The fourth-order valence-corrected chi connectivity index (χ4v) is 2.22. The second kappa shape index (κ2) is 4.65. The molecule has 0 aliphatic carbocycles. The molecular weight excluding hydrogens is 236 g/mol. The Labute approximate surface area is 111 Å². The molecule has 0 radical (unpaired) electrons. The lowest BCUT2D eigenvalue weighted by molar-refractivity contribution is 0.961. The second-order valence-corrected chi connectivity index (χ2v) is 4.56. The van der Waals surface area contributed by atoms with Crippen molar-refractivity contribution in [3.05, 3.63) is 59.5 Å². The molecule has 0 fully saturated rings. The topological polar surface area (TPSA) is 64.7 Å². The Morgan fingerprint density at radius 1 is 1.05 bits per heavy atom. The number of aromatic nitrogens is 3. The van der Waals surface area contributed by atoms with Crippen molar-refractivity contribution in [2.24, 2.45) is 0 Å². The average molecular weight is 250 g/mol. The average Bonchev–Trinajstić information content (AvgIpc) is 2.42. The van der Waals surface area contributed by atoms with Gasteiger partial charge in [-0.25, -0.2) is 0 Å². The summed E-state index contributed by atoms with van der Waals surface area (Å²) in [6.07, 6.45) is 2.55. The maximum absolute atomic E-state index is 5.86. The highest BCUT2D eigenvalue weighted by Gasteiger charge is 2.07. The molecule has 3 aromatic rings. The monoisotopic (exact) mass is 250 g/mol. The van der Waals surface area contributed by atoms with E-state index in [0.29, 0.717) is 5.82 Å². The van der Waals surface area contributed by atoms with E-state index in [0.717, 1.165) is 28.6 Å². The van der Waals surface area contributed by atoms with Gasteiger partial charge in [0.15, 0.2) is 5.82 Å². The smallest absolute Gasteiger partial charge is 0.153 e. The number of nitrogen functional groups attached to an aromatic ring is 1. The van der Waals surface area contributed by atoms with Crippen LogP contribution >= 0.6 is 0 Å². The van der Waals surface area contributed by atoms with E-state index in [2.05, 4.69) is 21.2 Å². The Bertz CT molecular complexity index is 737. The van der Waals surface area contributed by atoms with Crippen LogP contribution in [0.3, 0.4) is 0 Å². The Hall–Kier alpha value is -2.49. The van der Waals surface area contributed by atoms with Crippen molar-refractivity contribution in [3.63, 3.8) is 0 Å². The van der Waals surface area contributed by atoms with Crippen LogP contribution in [0.2, 0.25) is 0 Å². The van der Waals surface area contributed by atoms with Crippen LogP contribution in [0.4, 0.5) is 5.82 Å². The van der Waals surface area contributed by atoms with E-state index >= 15 is 0 Å². The number of aryl methyl sites for hydroxylation is 1. The zero-order valence-electron chi connectivity index (χ0n) is 10.7. The van der Waals surface area contributed by atoms with Gasteiger partial charge in [-0.2, -0.15) is 5.10 Å². The van der Waals surface area contributed by atoms with Crippen molar-refractivity contribution >= 4 is 16.6 Å². The van der Waals surface area contributed by atoms with Crippen molar-refractivity contribution in [1.29, 1.82) is 0 Å². The van der Waals surface area contributed by atoms with E-state index in [9.17, 15) is 0 Å². The summed E-state index contributed by atoms with van der Waals surface area (Å²) in [5, 5.41) is 10.3. The van der Waals surface area contributed by atoms with Crippen molar-refractivity contribution in [3.8, 4) is 0 Å². The second-order valence-electron chi connectivity index (χ2n) is 4.56. The molecular formula is C15H14N4. The first-order valence-electron chi connectivity index (χ1n) is 6.15. The van der Waals surface area contributed by atoms with Gasteiger partial charge in [0.2, 0.25) is 0 Å². The molecule has 4 heteroatoms. The number of pyridine rings is 1. The van der Waals surface area contributed by atoms with Gasteiger partial charge in [0.1, 0.15) is 0 Å². The third kappa shape index (κ3) is 2.25. The van der Waals surface area contributed by atoms with Crippen LogP contribution in [0.15, 0.2) is 42.6 Å². The van der Waals surface area contributed by atoms with Crippen LogP contribution < -0.4 is 5.73 Å². The van der Waals surface area contributed by atoms with Crippen LogP contribution in [-0.2, 0) is 6.42 Å². The van der Waals surface area contributed by atoms with Crippen molar-refractivity contribution < 1.29 is 0 Å². The number of benzene rings is 1. The molecule has 0 amide bonds. The van der Waals surface area contributed by atoms with Gasteiger partial charge in [0, 0.05) is 29.1 Å². The molecule has 2 N–H and O–H groups in total. The molecule has 4 nitrogen and oxygen atoms in total. The van der Waals surface area contributed by atoms with E-state index in [1.165, 1.54) is 5.56 Å². The number of fused-ring (bicyclic) bond motifs is 1. The van der Waals surface area contributed by atoms with Crippen molar-refractivity contribution in [2.75, 3.05) is 5.73 Å². The lowest BCUT2D eigenvalue weighted by Crippen LogP contribution is -2.01. The lowest BCUT2D eigenvalue weighted by Gasteiger charge is -2.07. The fraction of sp³-hybridized carbons (Fsp3) is 0.133. The van der Waals surface area contributed by atoms with E-state index < -0.39 is 0 Å². The molecule has 0 atom stereocenters. The number of hydrogen-bond acceptors (Lipinski definition) is 4. The van der Waals surface area contributed by atoms with Crippen molar-refractivity contribution in [1.82, 2.24) is 15.2 Å². The van der Waals surface area contributed by atoms with Gasteiger partial charge in [-0.15, -0.1) is 5.10 Å². The number of nitrogens with two attached hydrogens (primary N) is 1. The van der Waals surface area contributed by atoms with Crippen molar-refractivity contribution in [2.45, 2.75) is 13.3 Å². The molecule has 0 bridgehead atoms. The molecule has 0 saturated carbocycles.